The Labute approximate surface area is 129 Å². The quantitative estimate of drug-likeness (QED) is 0.513. The fourth-order valence-corrected chi connectivity index (χ4v) is 1.92. The van der Waals surface area contributed by atoms with Crippen molar-refractivity contribution in [3.05, 3.63) is 53.3 Å². The normalized spacial score (nSPS) is 11.4. The van der Waals surface area contributed by atoms with Crippen molar-refractivity contribution in [3.63, 3.8) is 0 Å². The van der Waals surface area contributed by atoms with E-state index in [-0.39, 0.29) is 11.7 Å². The van der Waals surface area contributed by atoms with Crippen LogP contribution in [0, 0.1) is 11.3 Å². The molecule has 0 saturated carbocycles. The summed E-state index contributed by atoms with van der Waals surface area (Å²) in [7, 11) is 0. The molecular weight excluding hydrogens is 309 g/mol. The van der Waals surface area contributed by atoms with Crippen LogP contribution in [0.15, 0.2) is 46.7 Å². The van der Waals surface area contributed by atoms with Crippen molar-refractivity contribution in [1.29, 1.82) is 5.26 Å². The van der Waals surface area contributed by atoms with E-state index in [0.717, 1.165) is 12.3 Å². The minimum Gasteiger partial charge on any atom is -0.369 e. The van der Waals surface area contributed by atoms with Crippen molar-refractivity contribution >= 4 is 12.2 Å². The number of hydrogen-bond donors (Lipinski definition) is 2. The van der Waals surface area contributed by atoms with Crippen LogP contribution in [0.25, 0.3) is 5.69 Å². The van der Waals surface area contributed by atoms with Gasteiger partial charge in [-0.2, -0.15) is 23.5 Å². The summed E-state index contributed by atoms with van der Waals surface area (Å²) in [6.07, 6.45) is -2.44. The van der Waals surface area contributed by atoms with Gasteiger partial charge in [-0.1, -0.05) is 6.07 Å². The smallest absolute Gasteiger partial charge is 0.369 e. The van der Waals surface area contributed by atoms with Gasteiger partial charge in [0.2, 0.25) is 5.96 Å². The van der Waals surface area contributed by atoms with E-state index in [9.17, 15) is 13.2 Å². The Balaban J connectivity index is 2.60. The topological polar surface area (TPSA) is 105 Å². The first-order chi connectivity index (χ1) is 10.8. The third kappa shape index (κ3) is 3.68. The summed E-state index contributed by atoms with van der Waals surface area (Å²) in [4.78, 5) is 0. The van der Waals surface area contributed by atoms with Gasteiger partial charge in [0.1, 0.15) is 0 Å². The molecule has 2 aromatic rings. The van der Waals surface area contributed by atoms with Crippen molar-refractivity contribution in [2.45, 2.75) is 6.18 Å². The average molecular weight is 320 g/mol. The fourth-order valence-electron chi connectivity index (χ4n) is 1.92. The molecule has 0 atom stereocenters. The minimum absolute atomic E-state index is 0.252. The molecule has 0 unspecified atom stereocenters. The van der Waals surface area contributed by atoms with Crippen LogP contribution in [0.3, 0.4) is 0 Å². The van der Waals surface area contributed by atoms with Crippen molar-refractivity contribution < 1.29 is 13.2 Å². The molecule has 0 fully saturated rings. The Morgan fingerprint density at radius 3 is 2.61 bits per heavy atom. The third-order valence-electron chi connectivity index (χ3n) is 2.84. The molecule has 9 heteroatoms. The molecule has 1 aromatic heterocycles. The van der Waals surface area contributed by atoms with Gasteiger partial charge in [0.05, 0.1) is 29.1 Å². The Bertz CT molecular complexity index is 807. The minimum atomic E-state index is -4.57. The van der Waals surface area contributed by atoms with Gasteiger partial charge in [-0.05, 0) is 24.3 Å². The second kappa shape index (κ2) is 6.23. The lowest BCUT2D eigenvalue weighted by atomic mass is 10.2. The lowest BCUT2D eigenvalue weighted by Crippen LogP contribution is -2.21. The number of aromatic nitrogens is 1. The van der Waals surface area contributed by atoms with Crippen molar-refractivity contribution in [2.75, 3.05) is 0 Å². The number of guanidine groups is 1. The van der Waals surface area contributed by atoms with E-state index in [4.69, 9.17) is 16.7 Å². The monoisotopic (exact) mass is 320 g/mol. The largest absolute Gasteiger partial charge is 0.418 e. The van der Waals surface area contributed by atoms with Gasteiger partial charge in [0.15, 0.2) is 0 Å². The average Bonchev–Trinajstić information content (AvgIpc) is 2.91. The van der Waals surface area contributed by atoms with Crippen LogP contribution < -0.4 is 11.5 Å². The van der Waals surface area contributed by atoms with E-state index < -0.39 is 11.7 Å². The molecular formula is C14H11F3N6. The molecule has 0 amide bonds. The van der Waals surface area contributed by atoms with Crippen LogP contribution in [0.1, 0.15) is 16.8 Å². The Morgan fingerprint density at radius 2 is 2.00 bits per heavy atom. The van der Waals surface area contributed by atoms with Gasteiger partial charge in [-0.3, -0.25) is 0 Å². The van der Waals surface area contributed by atoms with E-state index >= 15 is 0 Å². The number of benzene rings is 1. The standard InChI is InChI=1S/C14H11F3N6/c15-14(16,17)11-4-5-23(12(11)8-21-22-13(19)20)10-3-1-2-9(6-10)7-18/h1-6,8H,(H4,19,20,22). The Kier molecular flexibility index (Phi) is 4.36. The summed E-state index contributed by atoms with van der Waals surface area (Å²) >= 11 is 0. The van der Waals surface area contributed by atoms with Crippen LogP contribution in [-0.4, -0.2) is 16.7 Å². The van der Waals surface area contributed by atoms with E-state index in [2.05, 4.69) is 10.2 Å². The van der Waals surface area contributed by atoms with Crippen LogP contribution >= 0.6 is 0 Å². The second-order valence-electron chi connectivity index (χ2n) is 4.41. The maximum absolute atomic E-state index is 13.1. The molecule has 1 heterocycles. The molecule has 2 rings (SSSR count). The van der Waals surface area contributed by atoms with Crippen molar-refractivity contribution in [1.82, 2.24) is 4.57 Å². The first-order valence-electron chi connectivity index (χ1n) is 6.24. The van der Waals surface area contributed by atoms with E-state index in [1.54, 1.807) is 18.2 Å². The second-order valence-corrected chi connectivity index (χ2v) is 4.41. The zero-order chi connectivity index (χ0) is 17.0. The number of nitriles is 1. The Hall–Kier alpha value is -3.28. The first-order valence-corrected chi connectivity index (χ1v) is 6.24. The molecule has 6 nitrogen and oxygen atoms in total. The van der Waals surface area contributed by atoms with Gasteiger partial charge < -0.3 is 16.0 Å². The van der Waals surface area contributed by atoms with E-state index in [1.807, 2.05) is 6.07 Å². The first kappa shape index (κ1) is 16.1. The predicted octanol–water partition coefficient (Wildman–Crippen LogP) is 1.98. The SMILES string of the molecule is N#Cc1cccc(-n2ccc(C(F)(F)F)c2C=NN=C(N)N)c1. The lowest BCUT2D eigenvalue weighted by Gasteiger charge is -2.10. The molecule has 23 heavy (non-hydrogen) atoms. The third-order valence-corrected chi connectivity index (χ3v) is 2.84. The molecule has 0 aliphatic carbocycles. The van der Waals surface area contributed by atoms with Crippen LogP contribution in [0.4, 0.5) is 13.2 Å². The zero-order valence-corrected chi connectivity index (χ0v) is 11.6. The molecule has 0 radical (unpaired) electrons. The van der Waals surface area contributed by atoms with Gasteiger partial charge in [-0.25, -0.2) is 0 Å². The van der Waals surface area contributed by atoms with Crippen molar-refractivity contribution in [3.8, 4) is 11.8 Å². The number of nitrogens with two attached hydrogens (primary N) is 2. The summed E-state index contributed by atoms with van der Waals surface area (Å²) in [6, 6.07) is 8.98. The lowest BCUT2D eigenvalue weighted by molar-refractivity contribution is -0.137. The summed E-state index contributed by atoms with van der Waals surface area (Å²) < 4.78 is 40.5. The maximum Gasteiger partial charge on any atom is 0.418 e. The molecule has 0 aliphatic rings. The van der Waals surface area contributed by atoms with E-state index in [0.29, 0.717) is 11.3 Å². The molecule has 0 aliphatic heterocycles. The maximum atomic E-state index is 13.1. The highest BCUT2D eigenvalue weighted by Crippen LogP contribution is 2.33. The molecule has 0 bridgehead atoms. The van der Waals surface area contributed by atoms with Gasteiger partial charge in [-0.15, -0.1) is 5.10 Å². The molecule has 0 saturated heterocycles. The van der Waals surface area contributed by atoms with Gasteiger partial charge in [0, 0.05) is 11.9 Å². The summed E-state index contributed by atoms with van der Waals surface area (Å²) in [5, 5.41) is 15.6. The highest BCUT2D eigenvalue weighted by molar-refractivity contribution is 5.83. The fraction of sp³-hybridized carbons (Fsp3) is 0.0714. The summed E-state index contributed by atoms with van der Waals surface area (Å²) in [5.41, 5.74) is 9.73. The van der Waals surface area contributed by atoms with Crippen LogP contribution in [0.5, 0.6) is 0 Å². The van der Waals surface area contributed by atoms with E-state index in [1.165, 1.54) is 16.8 Å². The number of nitrogens with zero attached hydrogens (tertiary/aromatic N) is 4. The van der Waals surface area contributed by atoms with Gasteiger partial charge >= 0.3 is 6.18 Å². The molecule has 118 valence electrons. The number of rotatable bonds is 3. The van der Waals surface area contributed by atoms with Crippen molar-refractivity contribution in [2.24, 2.45) is 21.7 Å². The number of halogens is 3. The number of alkyl halides is 3. The highest BCUT2D eigenvalue weighted by Gasteiger charge is 2.35. The summed E-state index contributed by atoms with van der Waals surface area (Å²) in [6.45, 7) is 0. The zero-order valence-electron chi connectivity index (χ0n) is 11.6. The van der Waals surface area contributed by atoms with Gasteiger partial charge in [0.25, 0.3) is 0 Å². The number of hydrogen-bond acceptors (Lipinski definition) is 3. The predicted molar refractivity (Wildman–Crippen MR) is 78.9 cm³/mol. The molecule has 4 N–H and O–H groups in total. The molecule has 0 spiro atoms. The summed E-state index contributed by atoms with van der Waals surface area (Å²) in [5.74, 6) is -0.376. The molecule has 1 aromatic carbocycles. The van der Waals surface area contributed by atoms with Crippen LogP contribution in [-0.2, 0) is 6.18 Å². The highest BCUT2D eigenvalue weighted by atomic mass is 19.4. The van der Waals surface area contributed by atoms with Crippen LogP contribution in [0.2, 0.25) is 0 Å². The Morgan fingerprint density at radius 1 is 1.26 bits per heavy atom.